The summed E-state index contributed by atoms with van der Waals surface area (Å²) < 4.78 is 4.91. The van der Waals surface area contributed by atoms with Gasteiger partial charge in [-0.3, -0.25) is 0 Å². The molecule has 0 aliphatic heterocycles. The lowest BCUT2D eigenvalue weighted by Crippen LogP contribution is -1.81. The molecule has 0 aromatic heterocycles. The minimum absolute atomic E-state index is 0.368. The van der Waals surface area contributed by atoms with Crippen LogP contribution in [0.2, 0.25) is 0 Å². The van der Waals surface area contributed by atoms with Crippen LogP contribution < -0.4 is 4.74 Å². The number of para-hydroxylation sites is 2. The highest BCUT2D eigenvalue weighted by atomic mass is 16.5. The normalized spacial score (nSPS) is 8.75. The van der Waals surface area contributed by atoms with Crippen LogP contribution in [0.1, 0.15) is 83.2 Å². The molecule has 220 valence electrons. The molecule has 1 N–H and O–H groups in total. The first kappa shape index (κ1) is 38.6. The summed E-state index contributed by atoms with van der Waals surface area (Å²) >= 11 is 0. The van der Waals surface area contributed by atoms with Crippen LogP contribution >= 0.6 is 0 Å². The van der Waals surface area contributed by atoms with E-state index in [4.69, 9.17) is 9.84 Å². The minimum atomic E-state index is 0.368. The summed E-state index contributed by atoms with van der Waals surface area (Å²) in [5.74, 6) is 1.28. The second-order valence-electron chi connectivity index (χ2n) is 8.35. The molecule has 0 amide bonds. The van der Waals surface area contributed by atoms with E-state index in [1.165, 1.54) is 22.3 Å². The van der Waals surface area contributed by atoms with E-state index in [9.17, 15) is 0 Å². The van der Waals surface area contributed by atoms with E-state index >= 15 is 0 Å². The number of phenols is 1. The Balaban J connectivity index is 0. The monoisotopic (exact) mass is 544 g/mol. The molecule has 0 atom stereocenters. The number of phenolic OH excluding ortho intramolecular Hbond substituents is 1. The van der Waals surface area contributed by atoms with Gasteiger partial charge in [-0.2, -0.15) is 0 Å². The predicted molar refractivity (Wildman–Crippen MR) is 179 cm³/mol. The zero-order valence-electron chi connectivity index (χ0n) is 27.0. The Labute approximate surface area is 247 Å². The first-order valence-corrected chi connectivity index (χ1v) is 15.0. The van der Waals surface area contributed by atoms with Crippen molar-refractivity contribution in [3.05, 3.63) is 131 Å². The molecule has 0 saturated carbocycles. The highest BCUT2D eigenvalue weighted by Crippen LogP contribution is 2.12. The zero-order chi connectivity index (χ0) is 30.6. The van der Waals surface area contributed by atoms with Crippen molar-refractivity contribution in [1.29, 1.82) is 0 Å². The summed E-state index contributed by atoms with van der Waals surface area (Å²) in [5, 5.41) is 8.92. The number of hydrogen-bond donors (Lipinski definition) is 1. The van der Waals surface area contributed by atoms with Crippen LogP contribution in [0.3, 0.4) is 0 Å². The maximum absolute atomic E-state index is 8.92. The Morgan fingerprint density at radius 3 is 0.975 bits per heavy atom. The fourth-order valence-corrected chi connectivity index (χ4v) is 3.14. The minimum Gasteiger partial charge on any atom is -0.508 e. The Morgan fingerprint density at radius 1 is 0.475 bits per heavy atom. The largest absolute Gasteiger partial charge is 0.508 e. The smallest absolute Gasteiger partial charge is 0.118 e. The summed E-state index contributed by atoms with van der Waals surface area (Å²) in [6.07, 6.45) is 4.57. The number of rotatable bonds is 5. The third kappa shape index (κ3) is 18.7. The van der Waals surface area contributed by atoms with E-state index in [0.29, 0.717) is 5.75 Å². The molecule has 0 bridgehead atoms. The van der Waals surface area contributed by atoms with Gasteiger partial charge in [-0.15, -0.1) is 0 Å². The van der Waals surface area contributed by atoms with Gasteiger partial charge < -0.3 is 9.84 Å². The third-order valence-corrected chi connectivity index (χ3v) is 5.77. The van der Waals surface area contributed by atoms with Crippen molar-refractivity contribution in [2.24, 2.45) is 0 Å². The van der Waals surface area contributed by atoms with Gasteiger partial charge in [0.05, 0.1) is 7.11 Å². The molecular formula is C38H56O2. The van der Waals surface area contributed by atoms with Crippen molar-refractivity contribution in [3.63, 3.8) is 0 Å². The summed E-state index contributed by atoms with van der Waals surface area (Å²) in [6, 6.07) is 34.6. The molecule has 0 aliphatic rings. The maximum Gasteiger partial charge on any atom is 0.118 e. The molecule has 0 spiro atoms. The van der Waals surface area contributed by atoms with Crippen molar-refractivity contribution < 1.29 is 9.84 Å². The van der Waals surface area contributed by atoms with Gasteiger partial charge in [-0.05, 0) is 78.6 Å². The van der Waals surface area contributed by atoms with Crippen LogP contribution in [0, 0.1) is 6.92 Å². The lowest BCUT2D eigenvalue weighted by Gasteiger charge is -1.97. The number of ether oxygens (including phenoxy) is 1. The standard InChI is InChI=1S/2C10H14.2C7H8O.2C2H6/c2*1-3-9-5-7-10(4-2)8-6-9;1-8-7-5-3-2-4-6-7;1-6-4-2-3-5-7(6)8;2*1-2/h2*5-8H,3-4H2,1-2H3;2-6H,1H3;2-5,8H,1H3;2*1-2H3. The van der Waals surface area contributed by atoms with Crippen LogP contribution in [0.5, 0.6) is 11.5 Å². The third-order valence-electron chi connectivity index (χ3n) is 5.77. The zero-order valence-corrected chi connectivity index (χ0v) is 27.0. The number of benzene rings is 4. The first-order valence-electron chi connectivity index (χ1n) is 15.0. The van der Waals surface area contributed by atoms with Gasteiger partial charge in [-0.25, -0.2) is 0 Å². The van der Waals surface area contributed by atoms with E-state index in [-0.39, 0.29) is 0 Å². The van der Waals surface area contributed by atoms with Crippen LogP contribution in [0.25, 0.3) is 0 Å². The molecule has 2 nitrogen and oxygen atoms in total. The molecule has 0 heterocycles. The topological polar surface area (TPSA) is 29.5 Å². The molecule has 4 aromatic carbocycles. The average Bonchev–Trinajstić information content (AvgIpc) is 3.05. The Kier molecular flexibility index (Phi) is 26.1. The first-order chi connectivity index (χ1) is 19.5. The lowest BCUT2D eigenvalue weighted by molar-refractivity contribution is 0.415. The van der Waals surface area contributed by atoms with Gasteiger partial charge in [0.1, 0.15) is 11.5 Å². The lowest BCUT2D eigenvalue weighted by atomic mass is 10.1. The molecule has 0 fully saturated rings. The van der Waals surface area contributed by atoms with Crippen molar-refractivity contribution in [2.75, 3.05) is 7.11 Å². The second kappa shape index (κ2) is 27.1. The number of aryl methyl sites for hydroxylation is 5. The van der Waals surface area contributed by atoms with Gasteiger partial charge in [0.2, 0.25) is 0 Å². The van der Waals surface area contributed by atoms with E-state index in [0.717, 1.165) is 37.0 Å². The van der Waals surface area contributed by atoms with E-state index in [1.54, 1.807) is 13.2 Å². The summed E-state index contributed by atoms with van der Waals surface area (Å²) in [4.78, 5) is 0. The maximum atomic E-state index is 8.92. The molecule has 0 radical (unpaired) electrons. The van der Waals surface area contributed by atoms with Crippen molar-refractivity contribution in [1.82, 2.24) is 0 Å². The molecule has 4 aromatic rings. The molecule has 0 aliphatic carbocycles. The van der Waals surface area contributed by atoms with Gasteiger partial charge >= 0.3 is 0 Å². The molecule has 40 heavy (non-hydrogen) atoms. The predicted octanol–water partition coefficient (Wildman–Crippen LogP) is 11.1. The summed E-state index contributed by atoms with van der Waals surface area (Å²) in [5.41, 5.74) is 6.64. The molecule has 0 saturated heterocycles. The van der Waals surface area contributed by atoms with E-state index in [1.807, 2.05) is 83.1 Å². The van der Waals surface area contributed by atoms with Crippen LogP contribution in [-0.2, 0) is 25.7 Å². The van der Waals surface area contributed by atoms with Gasteiger partial charge in [0, 0.05) is 0 Å². The highest BCUT2D eigenvalue weighted by Gasteiger charge is 1.89. The van der Waals surface area contributed by atoms with Crippen LogP contribution in [0.15, 0.2) is 103 Å². The average molecular weight is 545 g/mol. The molecule has 2 heteroatoms. The van der Waals surface area contributed by atoms with Gasteiger partial charge in [0.25, 0.3) is 0 Å². The van der Waals surface area contributed by atoms with Crippen molar-refractivity contribution in [3.8, 4) is 11.5 Å². The van der Waals surface area contributed by atoms with E-state index in [2.05, 4.69) is 76.2 Å². The number of aromatic hydroxyl groups is 1. The fraction of sp³-hybridized carbons (Fsp3) is 0.368. The Morgan fingerprint density at radius 2 is 0.775 bits per heavy atom. The van der Waals surface area contributed by atoms with Crippen molar-refractivity contribution in [2.45, 2.75) is 88.0 Å². The van der Waals surface area contributed by atoms with Crippen LogP contribution in [0.4, 0.5) is 0 Å². The summed E-state index contributed by atoms with van der Waals surface area (Å²) in [7, 11) is 1.66. The van der Waals surface area contributed by atoms with Gasteiger partial charge in [-0.1, -0.05) is 140 Å². The second-order valence-corrected chi connectivity index (χ2v) is 8.35. The quantitative estimate of drug-likeness (QED) is 0.271. The molecule has 4 rings (SSSR count). The van der Waals surface area contributed by atoms with E-state index < -0.39 is 0 Å². The molecular weight excluding hydrogens is 488 g/mol. The Bertz CT molecular complexity index is 938. The SMILES string of the molecule is CC.CC.CCc1ccc(CC)cc1.CCc1ccc(CC)cc1.COc1ccccc1.Cc1ccccc1O. The Hall–Kier alpha value is -3.52. The fourth-order valence-electron chi connectivity index (χ4n) is 3.14. The number of methoxy groups -OCH3 is 1. The van der Waals surface area contributed by atoms with Gasteiger partial charge in [0.15, 0.2) is 0 Å². The highest BCUT2D eigenvalue weighted by molar-refractivity contribution is 5.29. The number of hydrogen-bond acceptors (Lipinski definition) is 2. The van der Waals surface area contributed by atoms with Crippen LogP contribution in [-0.4, -0.2) is 12.2 Å². The van der Waals surface area contributed by atoms with Crippen molar-refractivity contribution >= 4 is 0 Å². The molecule has 0 unspecified atom stereocenters. The summed E-state index contributed by atoms with van der Waals surface area (Å²) in [6.45, 7) is 18.6.